The summed E-state index contributed by atoms with van der Waals surface area (Å²) in [4.78, 5) is 31.9. The lowest BCUT2D eigenvalue weighted by Crippen LogP contribution is -2.42. The third-order valence-electron chi connectivity index (χ3n) is 1.27. The highest BCUT2D eigenvalue weighted by molar-refractivity contribution is 5.90. The maximum atomic E-state index is 10.7. The molecule has 0 saturated heterocycles. The van der Waals surface area contributed by atoms with Crippen molar-refractivity contribution in [2.75, 3.05) is 6.54 Å². The molecule has 0 unspecified atom stereocenters. The summed E-state index contributed by atoms with van der Waals surface area (Å²) in [7, 11) is 0. The van der Waals surface area contributed by atoms with Crippen LogP contribution in [-0.4, -0.2) is 30.2 Å². The first-order chi connectivity index (χ1) is 5.27. The molecule has 0 atom stereocenters. The van der Waals surface area contributed by atoms with E-state index in [1.807, 2.05) is 0 Å². The van der Waals surface area contributed by atoms with Gasteiger partial charge in [0.15, 0.2) is 0 Å². The molecular weight excluding hydrogens is 148 g/mol. The molecule has 0 aromatic rings. The number of carbonyl (C=O) groups excluding carboxylic acids is 3. The predicted molar refractivity (Wildman–Crippen MR) is 35.4 cm³/mol. The highest BCUT2D eigenvalue weighted by Gasteiger charge is 2.17. The smallest absolute Gasteiger partial charge is 0.314 e. The average molecular weight is 154 g/mol. The topological polar surface area (TPSA) is 66.5 Å². The van der Waals surface area contributed by atoms with E-state index in [1.54, 1.807) is 0 Å². The molecule has 0 spiro atoms. The summed E-state index contributed by atoms with van der Waals surface area (Å²) in [6.45, 7) is 0.0544. The molecule has 1 rings (SSSR count). The molecule has 5 nitrogen and oxygen atoms in total. The highest BCUT2D eigenvalue weighted by Crippen LogP contribution is 1.99. The zero-order chi connectivity index (χ0) is 8.27. The third kappa shape index (κ3) is 1.43. The van der Waals surface area contributed by atoms with Gasteiger partial charge in [0.25, 0.3) is 0 Å². The van der Waals surface area contributed by atoms with Crippen molar-refractivity contribution in [3.05, 3.63) is 11.8 Å². The maximum Gasteiger partial charge on any atom is 0.328 e. The van der Waals surface area contributed by atoms with Gasteiger partial charge in [0.1, 0.15) is 6.29 Å². The minimum absolute atomic E-state index is 0.0544. The molecule has 1 aliphatic heterocycles. The summed E-state index contributed by atoms with van der Waals surface area (Å²) in [5.74, 6) is 0. The minimum atomic E-state index is -0.509. The van der Waals surface area contributed by atoms with Gasteiger partial charge in [-0.15, -0.1) is 0 Å². The highest BCUT2D eigenvalue weighted by atomic mass is 16.2. The number of urea groups is 1. The van der Waals surface area contributed by atoms with Crippen LogP contribution in [0.5, 0.6) is 0 Å². The molecule has 0 bridgehead atoms. The summed E-state index contributed by atoms with van der Waals surface area (Å²) in [5, 5.41) is 2.25. The van der Waals surface area contributed by atoms with Crippen molar-refractivity contribution >= 4 is 18.7 Å². The number of nitrogens with zero attached hydrogens (tertiary/aromatic N) is 1. The Kier molecular flexibility index (Phi) is 2.00. The summed E-state index contributed by atoms with van der Waals surface area (Å²) in [6.07, 6.45) is 2.26. The lowest BCUT2D eigenvalue weighted by molar-refractivity contribution is -0.115. The van der Waals surface area contributed by atoms with E-state index < -0.39 is 6.03 Å². The number of aldehydes is 1. The molecule has 0 radical (unpaired) electrons. The van der Waals surface area contributed by atoms with Gasteiger partial charge in [0.2, 0.25) is 6.41 Å². The predicted octanol–water partition coefficient (Wildman–Crippen LogP) is -0.749. The lowest BCUT2D eigenvalue weighted by atomic mass is 10.3. The quantitative estimate of drug-likeness (QED) is 0.532. The Morgan fingerprint density at radius 3 is 2.82 bits per heavy atom. The number of imide groups is 1. The molecule has 58 valence electrons. The zero-order valence-corrected chi connectivity index (χ0v) is 5.61. The van der Waals surface area contributed by atoms with Crippen LogP contribution in [0.25, 0.3) is 0 Å². The second kappa shape index (κ2) is 2.96. The van der Waals surface area contributed by atoms with E-state index >= 15 is 0 Å². The van der Waals surface area contributed by atoms with Crippen LogP contribution < -0.4 is 5.32 Å². The average Bonchev–Trinajstić information content (AvgIpc) is 2.05. The fourth-order valence-corrected chi connectivity index (χ4v) is 0.708. The fourth-order valence-electron chi connectivity index (χ4n) is 0.708. The molecule has 3 amide bonds. The van der Waals surface area contributed by atoms with E-state index in [9.17, 15) is 14.4 Å². The molecular formula is C6H6N2O3. The Hall–Kier alpha value is -1.65. The second-order valence-corrected chi connectivity index (χ2v) is 2.02. The van der Waals surface area contributed by atoms with Crippen LogP contribution in [-0.2, 0) is 9.59 Å². The van der Waals surface area contributed by atoms with Crippen molar-refractivity contribution in [1.29, 1.82) is 0 Å². The summed E-state index contributed by atoms with van der Waals surface area (Å²) >= 11 is 0. The first kappa shape index (κ1) is 7.46. The van der Waals surface area contributed by atoms with Crippen molar-refractivity contribution in [3.63, 3.8) is 0 Å². The van der Waals surface area contributed by atoms with E-state index in [2.05, 4.69) is 5.32 Å². The van der Waals surface area contributed by atoms with E-state index in [-0.39, 0.29) is 6.54 Å². The van der Waals surface area contributed by atoms with Gasteiger partial charge in [-0.1, -0.05) is 0 Å². The molecule has 1 aliphatic rings. The van der Waals surface area contributed by atoms with Gasteiger partial charge in [-0.25, -0.2) is 4.79 Å². The summed E-state index contributed by atoms with van der Waals surface area (Å²) in [5.41, 5.74) is 0.372. The molecule has 0 aromatic heterocycles. The normalized spacial score (nSPS) is 16.9. The lowest BCUT2D eigenvalue weighted by Gasteiger charge is -2.18. The Morgan fingerprint density at radius 2 is 2.27 bits per heavy atom. The number of rotatable bonds is 2. The number of amides is 3. The van der Waals surface area contributed by atoms with Crippen LogP contribution >= 0.6 is 0 Å². The number of hydrogen-bond donors (Lipinski definition) is 1. The van der Waals surface area contributed by atoms with Gasteiger partial charge in [0.05, 0.1) is 6.54 Å². The number of nitrogens with one attached hydrogen (secondary N) is 1. The fraction of sp³-hybridized carbons (Fsp3) is 0.167. The van der Waals surface area contributed by atoms with Crippen molar-refractivity contribution in [2.24, 2.45) is 0 Å². The second-order valence-electron chi connectivity index (χ2n) is 2.02. The first-order valence-corrected chi connectivity index (χ1v) is 2.94. The van der Waals surface area contributed by atoms with Gasteiger partial charge in [-0.05, 0) is 0 Å². The van der Waals surface area contributed by atoms with Crippen molar-refractivity contribution in [2.45, 2.75) is 0 Å². The Morgan fingerprint density at radius 1 is 1.55 bits per heavy atom. The van der Waals surface area contributed by atoms with E-state index in [1.165, 1.54) is 6.20 Å². The number of hydrogen-bond acceptors (Lipinski definition) is 3. The molecule has 0 aliphatic carbocycles. The summed E-state index contributed by atoms with van der Waals surface area (Å²) < 4.78 is 0. The van der Waals surface area contributed by atoms with Gasteiger partial charge in [-0.2, -0.15) is 0 Å². The van der Waals surface area contributed by atoms with Crippen molar-refractivity contribution in [3.8, 4) is 0 Å². The Balaban J connectivity index is 2.75. The third-order valence-corrected chi connectivity index (χ3v) is 1.27. The molecule has 0 saturated carbocycles. The standard InChI is InChI=1S/C6H6N2O3/c9-3-5-1-7-6(11)8(2-5)4-10/h1,3-4H,2H2,(H,7,11). The minimum Gasteiger partial charge on any atom is -0.314 e. The Bertz CT molecular complexity index is 234. The molecule has 1 heterocycles. The van der Waals surface area contributed by atoms with Crippen molar-refractivity contribution in [1.82, 2.24) is 10.2 Å². The maximum absolute atomic E-state index is 10.7. The van der Waals surface area contributed by atoms with Crippen LogP contribution in [0.15, 0.2) is 11.8 Å². The monoisotopic (exact) mass is 154 g/mol. The zero-order valence-electron chi connectivity index (χ0n) is 5.61. The molecule has 0 aromatic carbocycles. The Labute approximate surface area is 62.7 Å². The van der Waals surface area contributed by atoms with Gasteiger partial charge in [-0.3, -0.25) is 14.5 Å². The van der Waals surface area contributed by atoms with Gasteiger partial charge in [0, 0.05) is 11.8 Å². The number of carbonyl (C=O) groups is 3. The van der Waals surface area contributed by atoms with E-state index in [0.717, 1.165) is 4.90 Å². The van der Waals surface area contributed by atoms with Gasteiger partial charge < -0.3 is 5.32 Å². The van der Waals surface area contributed by atoms with Gasteiger partial charge >= 0.3 is 6.03 Å². The van der Waals surface area contributed by atoms with Crippen LogP contribution in [0.4, 0.5) is 4.79 Å². The van der Waals surface area contributed by atoms with Crippen molar-refractivity contribution < 1.29 is 14.4 Å². The van der Waals surface area contributed by atoms with Crippen LogP contribution in [0.1, 0.15) is 0 Å². The molecule has 5 heteroatoms. The van der Waals surface area contributed by atoms with Crippen LogP contribution in [0.2, 0.25) is 0 Å². The SMILES string of the molecule is O=CC1=CNC(=O)N(C=O)C1. The molecule has 1 N–H and O–H groups in total. The van der Waals surface area contributed by atoms with Crippen LogP contribution in [0.3, 0.4) is 0 Å². The van der Waals surface area contributed by atoms with Crippen LogP contribution in [0, 0.1) is 0 Å². The first-order valence-electron chi connectivity index (χ1n) is 2.94. The van der Waals surface area contributed by atoms with E-state index in [4.69, 9.17) is 0 Å². The summed E-state index contributed by atoms with van der Waals surface area (Å²) in [6, 6.07) is -0.509. The largest absolute Gasteiger partial charge is 0.328 e. The molecule has 11 heavy (non-hydrogen) atoms. The molecule has 0 fully saturated rings. The van der Waals surface area contributed by atoms with E-state index in [0.29, 0.717) is 18.3 Å².